The molecule has 18 heavy (non-hydrogen) atoms. The van der Waals surface area contributed by atoms with Gasteiger partial charge in [-0.2, -0.15) is 31.6 Å². The van der Waals surface area contributed by atoms with Gasteiger partial charge in [-0.1, -0.05) is 0 Å². The van der Waals surface area contributed by atoms with Crippen molar-refractivity contribution in [3.8, 4) is 6.19 Å². The Balaban J connectivity index is 3.26. The van der Waals surface area contributed by atoms with Gasteiger partial charge in [-0.15, -0.1) is 0 Å². The van der Waals surface area contributed by atoms with Crippen LogP contribution in [0.15, 0.2) is 18.2 Å². The minimum atomic E-state index is -4.87. The van der Waals surface area contributed by atoms with Crippen molar-refractivity contribution in [1.29, 1.82) is 5.26 Å². The van der Waals surface area contributed by atoms with Crippen molar-refractivity contribution in [2.45, 2.75) is 18.9 Å². The van der Waals surface area contributed by atoms with Gasteiger partial charge in [0.1, 0.15) is 0 Å². The maximum Gasteiger partial charge on any atom is 0.416 e. The number of nitriles is 1. The van der Waals surface area contributed by atoms with E-state index < -0.39 is 30.0 Å². The van der Waals surface area contributed by atoms with Gasteiger partial charge in [-0.05, 0) is 23.8 Å². The van der Waals surface area contributed by atoms with Crippen LogP contribution in [0.4, 0.5) is 26.3 Å². The zero-order valence-electron chi connectivity index (χ0n) is 8.65. The van der Waals surface area contributed by atoms with E-state index in [0.717, 1.165) is 0 Å². The first kappa shape index (κ1) is 14.2. The summed E-state index contributed by atoms with van der Waals surface area (Å²) in [6.07, 6.45) is -8.32. The van der Waals surface area contributed by atoms with E-state index >= 15 is 0 Å². The second-order valence-corrected chi connectivity index (χ2v) is 3.38. The molecule has 0 fully saturated rings. The Morgan fingerprint density at radius 2 is 1.39 bits per heavy atom. The van der Waals surface area contributed by atoms with E-state index in [-0.39, 0.29) is 11.6 Å². The summed E-state index contributed by atoms with van der Waals surface area (Å²) in [7, 11) is 0. The molecule has 0 saturated carbocycles. The molecule has 0 bridgehead atoms. The number of nitrogens with one attached hydrogen (secondary N) is 1. The van der Waals surface area contributed by atoms with Crippen LogP contribution in [0.25, 0.3) is 0 Å². The molecule has 0 radical (unpaired) electrons. The van der Waals surface area contributed by atoms with Crippen molar-refractivity contribution in [1.82, 2.24) is 5.32 Å². The molecule has 1 aromatic carbocycles. The first-order chi connectivity index (χ1) is 8.14. The Morgan fingerprint density at radius 3 is 1.72 bits per heavy atom. The smallest absolute Gasteiger partial charge is 0.319 e. The molecule has 0 aliphatic rings. The average molecular weight is 268 g/mol. The molecule has 0 aliphatic heterocycles. The van der Waals surface area contributed by atoms with Gasteiger partial charge < -0.3 is 5.32 Å². The summed E-state index contributed by atoms with van der Waals surface area (Å²) in [6.45, 7) is -0.399. The molecule has 0 heterocycles. The second kappa shape index (κ2) is 4.76. The molecule has 0 spiro atoms. The number of hydrogen-bond acceptors (Lipinski definition) is 2. The van der Waals surface area contributed by atoms with Crippen molar-refractivity contribution in [2.24, 2.45) is 0 Å². The summed E-state index contributed by atoms with van der Waals surface area (Å²) in [5, 5.41) is 10.2. The highest BCUT2D eigenvalue weighted by atomic mass is 19.4. The fourth-order valence-electron chi connectivity index (χ4n) is 1.26. The molecule has 0 unspecified atom stereocenters. The van der Waals surface area contributed by atoms with Crippen LogP contribution in [-0.4, -0.2) is 0 Å². The topological polar surface area (TPSA) is 35.8 Å². The maximum atomic E-state index is 12.4. The van der Waals surface area contributed by atoms with Crippen LogP contribution < -0.4 is 5.32 Å². The maximum absolute atomic E-state index is 12.4. The number of alkyl halides is 6. The van der Waals surface area contributed by atoms with Gasteiger partial charge in [0.25, 0.3) is 0 Å². The van der Waals surface area contributed by atoms with Crippen molar-refractivity contribution in [2.75, 3.05) is 0 Å². The van der Waals surface area contributed by atoms with Crippen molar-refractivity contribution >= 4 is 0 Å². The van der Waals surface area contributed by atoms with E-state index in [1.807, 2.05) is 5.32 Å². The minimum Gasteiger partial charge on any atom is -0.319 e. The lowest BCUT2D eigenvalue weighted by molar-refractivity contribution is -0.143. The molecule has 2 nitrogen and oxygen atoms in total. The van der Waals surface area contributed by atoms with Gasteiger partial charge in [0.2, 0.25) is 0 Å². The predicted molar refractivity (Wildman–Crippen MR) is 48.9 cm³/mol. The molecule has 0 atom stereocenters. The minimum absolute atomic E-state index is 0.0376. The summed E-state index contributed by atoms with van der Waals surface area (Å²) in [5.41, 5.74) is -3.06. The Labute approximate surface area is 97.8 Å². The highest BCUT2D eigenvalue weighted by molar-refractivity contribution is 5.33. The Morgan fingerprint density at radius 1 is 0.944 bits per heavy atom. The zero-order valence-corrected chi connectivity index (χ0v) is 8.65. The molecular weight excluding hydrogens is 262 g/mol. The predicted octanol–water partition coefficient (Wildman–Crippen LogP) is 3.29. The summed E-state index contributed by atoms with van der Waals surface area (Å²) in [6, 6.07) is 1.18. The second-order valence-electron chi connectivity index (χ2n) is 3.38. The molecule has 1 aromatic rings. The highest BCUT2D eigenvalue weighted by Crippen LogP contribution is 2.36. The fourth-order valence-corrected chi connectivity index (χ4v) is 1.26. The first-order valence-electron chi connectivity index (χ1n) is 4.55. The van der Waals surface area contributed by atoms with E-state index in [1.165, 1.54) is 6.19 Å². The quantitative estimate of drug-likeness (QED) is 0.507. The van der Waals surface area contributed by atoms with E-state index in [9.17, 15) is 26.3 Å². The Bertz CT molecular complexity index is 436. The number of nitrogens with zero attached hydrogens (tertiary/aromatic N) is 1. The summed E-state index contributed by atoms with van der Waals surface area (Å²) >= 11 is 0. The van der Waals surface area contributed by atoms with E-state index in [0.29, 0.717) is 12.1 Å². The van der Waals surface area contributed by atoms with E-state index in [2.05, 4.69) is 0 Å². The van der Waals surface area contributed by atoms with Gasteiger partial charge >= 0.3 is 12.4 Å². The van der Waals surface area contributed by atoms with Crippen LogP contribution in [0.2, 0.25) is 0 Å². The van der Waals surface area contributed by atoms with Gasteiger partial charge in [0, 0.05) is 6.54 Å². The van der Waals surface area contributed by atoms with Crippen LogP contribution in [0.3, 0.4) is 0 Å². The third kappa shape index (κ3) is 3.55. The van der Waals surface area contributed by atoms with Crippen molar-refractivity contribution in [3.63, 3.8) is 0 Å². The Hall–Kier alpha value is -1.91. The molecule has 1 N–H and O–H groups in total. The lowest BCUT2D eigenvalue weighted by Gasteiger charge is -2.13. The van der Waals surface area contributed by atoms with Gasteiger partial charge in [-0.25, -0.2) is 0 Å². The molecule has 8 heteroatoms. The first-order valence-corrected chi connectivity index (χ1v) is 4.55. The normalized spacial score (nSPS) is 12.1. The van der Waals surface area contributed by atoms with E-state index in [4.69, 9.17) is 5.26 Å². The SMILES string of the molecule is N#CNCc1cc(C(F)(F)F)cc(C(F)(F)F)c1. The summed E-state index contributed by atoms with van der Waals surface area (Å²) < 4.78 is 74.4. The van der Waals surface area contributed by atoms with Crippen LogP contribution in [0.5, 0.6) is 0 Å². The molecule has 0 amide bonds. The lowest BCUT2D eigenvalue weighted by atomic mass is 10.0. The van der Waals surface area contributed by atoms with Crippen LogP contribution in [-0.2, 0) is 18.9 Å². The van der Waals surface area contributed by atoms with Crippen LogP contribution >= 0.6 is 0 Å². The summed E-state index contributed by atoms with van der Waals surface area (Å²) in [5.74, 6) is 0. The number of rotatable bonds is 2. The molecule has 0 aromatic heterocycles. The molecule has 0 aliphatic carbocycles. The lowest BCUT2D eigenvalue weighted by Crippen LogP contribution is -2.13. The molecule has 0 saturated heterocycles. The van der Waals surface area contributed by atoms with Gasteiger partial charge in [0.05, 0.1) is 11.1 Å². The monoisotopic (exact) mass is 268 g/mol. The Kier molecular flexibility index (Phi) is 3.74. The van der Waals surface area contributed by atoms with Gasteiger partial charge in [0.15, 0.2) is 6.19 Å². The number of hydrogen-bond donors (Lipinski definition) is 1. The fraction of sp³-hybridized carbons (Fsp3) is 0.300. The standard InChI is InChI=1S/C10H6F6N2/c11-9(12,13)7-1-6(4-18-5-17)2-8(3-7)10(14,15)16/h1-3,18H,4H2. The third-order valence-electron chi connectivity index (χ3n) is 2.02. The van der Waals surface area contributed by atoms with E-state index in [1.54, 1.807) is 0 Å². The van der Waals surface area contributed by atoms with Crippen LogP contribution in [0.1, 0.15) is 16.7 Å². The largest absolute Gasteiger partial charge is 0.416 e. The third-order valence-corrected chi connectivity index (χ3v) is 2.02. The van der Waals surface area contributed by atoms with Crippen LogP contribution in [0, 0.1) is 11.5 Å². The van der Waals surface area contributed by atoms with Gasteiger partial charge in [-0.3, -0.25) is 0 Å². The summed E-state index contributed by atoms with van der Waals surface area (Å²) in [4.78, 5) is 0. The number of halogens is 6. The molecule has 1 rings (SSSR count). The average Bonchev–Trinajstić information content (AvgIpc) is 2.23. The number of benzene rings is 1. The molecule has 98 valence electrons. The van der Waals surface area contributed by atoms with Crippen molar-refractivity contribution in [3.05, 3.63) is 34.9 Å². The van der Waals surface area contributed by atoms with Crippen molar-refractivity contribution < 1.29 is 26.3 Å². The molecular formula is C10H6F6N2. The zero-order chi connectivity index (χ0) is 14.0. The highest BCUT2D eigenvalue weighted by Gasteiger charge is 2.36.